The number of rotatable bonds is 4. The molecule has 1 N–H and O–H groups in total. The number of nitrogens with one attached hydrogen (secondary N) is 1. The quantitative estimate of drug-likeness (QED) is 0.674. The number of nitrogens with zero attached hydrogens (tertiary/aromatic N) is 1. The molecule has 6 nitrogen and oxygen atoms in total. The normalized spacial score (nSPS) is 11.1. The first-order chi connectivity index (χ1) is 9.79. The Kier molecular flexibility index (Phi) is 4.36. The summed E-state index contributed by atoms with van der Waals surface area (Å²) in [7, 11) is -3.89. The molecule has 0 spiro atoms. The van der Waals surface area contributed by atoms with Crippen molar-refractivity contribution in [3.63, 3.8) is 0 Å². The molecule has 2 aromatic carbocycles. The summed E-state index contributed by atoms with van der Waals surface area (Å²) in [6.07, 6.45) is 0. The van der Waals surface area contributed by atoms with Gasteiger partial charge in [-0.15, -0.1) is 0 Å². The van der Waals surface area contributed by atoms with Crippen LogP contribution in [0.4, 0.5) is 11.4 Å². The van der Waals surface area contributed by atoms with Gasteiger partial charge in [0.15, 0.2) is 0 Å². The number of non-ortho nitro benzene ring substituents is 1. The zero-order valence-electron chi connectivity index (χ0n) is 10.3. The van der Waals surface area contributed by atoms with E-state index < -0.39 is 14.9 Å². The molecule has 9 heteroatoms. The standard InChI is InChI=1S/C12H8Cl2N2O4S/c13-8-1-6-12(11(14)7-8)15-21(19,20)10-4-2-9(3-5-10)16(17)18/h1-7,15H. The summed E-state index contributed by atoms with van der Waals surface area (Å²) in [5.41, 5.74) is -0.0297. The summed E-state index contributed by atoms with van der Waals surface area (Å²) in [4.78, 5) is 9.82. The highest BCUT2D eigenvalue weighted by atomic mass is 35.5. The molecule has 0 heterocycles. The van der Waals surface area contributed by atoms with Crippen molar-refractivity contribution >= 4 is 44.6 Å². The minimum Gasteiger partial charge on any atom is -0.278 e. The minimum atomic E-state index is -3.89. The predicted octanol–water partition coefficient (Wildman–Crippen LogP) is 3.70. The van der Waals surface area contributed by atoms with Gasteiger partial charge < -0.3 is 0 Å². The van der Waals surface area contributed by atoms with E-state index in [9.17, 15) is 18.5 Å². The number of halogens is 2. The molecule has 0 amide bonds. The van der Waals surface area contributed by atoms with Gasteiger partial charge in [-0.3, -0.25) is 14.8 Å². The van der Waals surface area contributed by atoms with Crippen LogP contribution in [0.25, 0.3) is 0 Å². The van der Waals surface area contributed by atoms with E-state index >= 15 is 0 Å². The average Bonchev–Trinajstić information content (AvgIpc) is 2.42. The van der Waals surface area contributed by atoms with Gasteiger partial charge in [-0.25, -0.2) is 8.42 Å². The molecule has 0 bridgehead atoms. The van der Waals surface area contributed by atoms with Gasteiger partial charge in [0, 0.05) is 17.2 Å². The molecular formula is C12H8Cl2N2O4S. The van der Waals surface area contributed by atoms with Crippen LogP contribution < -0.4 is 4.72 Å². The SMILES string of the molecule is O=[N+]([O-])c1ccc(S(=O)(=O)Nc2ccc(Cl)cc2Cl)cc1. The van der Waals surface area contributed by atoms with Gasteiger partial charge in [-0.05, 0) is 30.3 Å². The predicted molar refractivity (Wildman–Crippen MR) is 80.4 cm³/mol. The third kappa shape index (κ3) is 3.63. The van der Waals surface area contributed by atoms with Gasteiger partial charge in [-0.2, -0.15) is 0 Å². The Morgan fingerprint density at radius 3 is 2.19 bits per heavy atom. The van der Waals surface area contributed by atoms with Crippen molar-refractivity contribution in [2.24, 2.45) is 0 Å². The Morgan fingerprint density at radius 1 is 1.05 bits per heavy atom. The largest absolute Gasteiger partial charge is 0.278 e. The second kappa shape index (κ2) is 5.88. The molecule has 0 aliphatic heterocycles. The molecule has 0 saturated heterocycles. The Bertz CT molecular complexity index is 791. The number of nitro groups is 1. The van der Waals surface area contributed by atoms with Crippen LogP contribution in [0, 0.1) is 10.1 Å². The van der Waals surface area contributed by atoms with Gasteiger partial charge in [0.1, 0.15) is 0 Å². The molecular weight excluding hydrogens is 339 g/mol. The number of sulfonamides is 1. The van der Waals surface area contributed by atoms with Crippen molar-refractivity contribution in [3.8, 4) is 0 Å². The summed E-state index contributed by atoms with van der Waals surface area (Å²) < 4.78 is 26.6. The van der Waals surface area contributed by atoms with Crippen molar-refractivity contribution in [1.82, 2.24) is 0 Å². The van der Waals surface area contributed by atoms with E-state index in [0.717, 1.165) is 24.3 Å². The van der Waals surface area contributed by atoms with Gasteiger partial charge in [-0.1, -0.05) is 23.2 Å². The smallest absolute Gasteiger partial charge is 0.269 e. The highest BCUT2D eigenvalue weighted by Gasteiger charge is 2.17. The van der Waals surface area contributed by atoms with E-state index in [2.05, 4.69) is 4.72 Å². The molecule has 21 heavy (non-hydrogen) atoms. The van der Waals surface area contributed by atoms with E-state index in [4.69, 9.17) is 23.2 Å². The van der Waals surface area contributed by atoms with E-state index in [1.54, 1.807) is 0 Å². The number of hydrogen-bond donors (Lipinski definition) is 1. The zero-order chi connectivity index (χ0) is 15.6. The van der Waals surface area contributed by atoms with Crippen LogP contribution in [-0.4, -0.2) is 13.3 Å². The number of hydrogen-bond acceptors (Lipinski definition) is 4. The molecule has 0 unspecified atom stereocenters. The van der Waals surface area contributed by atoms with Crippen LogP contribution >= 0.6 is 23.2 Å². The molecule has 0 atom stereocenters. The lowest BCUT2D eigenvalue weighted by atomic mass is 10.3. The molecule has 0 aliphatic rings. The van der Waals surface area contributed by atoms with Crippen molar-refractivity contribution in [2.45, 2.75) is 4.90 Å². The molecule has 0 aromatic heterocycles. The summed E-state index contributed by atoms with van der Waals surface area (Å²) in [5, 5.41) is 11.1. The molecule has 0 aliphatic carbocycles. The Labute approximate surface area is 130 Å². The molecule has 0 saturated carbocycles. The third-order valence-corrected chi connectivity index (χ3v) is 4.46. The summed E-state index contributed by atoms with van der Waals surface area (Å²) in [6.45, 7) is 0. The lowest BCUT2D eigenvalue weighted by Crippen LogP contribution is -2.13. The fourth-order valence-corrected chi connectivity index (χ4v) is 3.11. The van der Waals surface area contributed by atoms with E-state index in [1.165, 1.54) is 18.2 Å². The van der Waals surface area contributed by atoms with Gasteiger partial charge in [0.25, 0.3) is 15.7 Å². The first kappa shape index (κ1) is 15.6. The second-order valence-corrected chi connectivity index (χ2v) is 6.51. The highest BCUT2D eigenvalue weighted by Crippen LogP contribution is 2.27. The maximum atomic E-state index is 12.1. The number of nitro benzene ring substituents is 1. The van der Waals surface area contributed by atoms with Crippen molar-refractivity contribution in [3.05, 3.63) is 62.6 Å². The molecule has 0 fully saturated rings. The second-order valence-electron chi connectivity index (χ2n) is 3.98. The monoisotopic (exact) mass is 346 g/mol. The van der Waals surface area contributed by atoms with Gasteiger partial charge in [0.05, 0.1) is 20.5 Å². The van der Waals surface area contributed by atoms with Crippen molar-refractivity contribution in [1.29, 1.82) is 0 Å². The van der Waals surface area contributed by atoms with E-state index in [0.29, 0.717) is 5.02 Å². The first-order valence-corrected chi connectivity index (χ1v) is 7.76. The van der Waals surface area contributed by atoms with Crippen LogP contribution in [0.2, 0.25) is 10.0 Å². The molecule has 2 aromatic rings. The molecule has 0 radical (unpaired) electrons. The maximum absolute atomic E-state index is 12.1. The van der Waals surface area contributed by atoms with E-state index in [1.807, 2.05) is 0 Å². The average molecular weight is 347 g/mol. The van der Waals surface area contributed by atoms with Crippen LogP contribution in [0.15, 0.2) is 47.4 Å². The summed E-state index contributed by atoms with van der Waals surface area (Å²) in [5.74, 6) is 0. The van der Waals surface area contributed by atoms with Crippen LogP contribution in [0.3, 0.4) is 0 Å². The van der Waals surface area contributed by atoms with Crippen LogP contribution in [0.5, 0.6) is 0 Å². The van der Waals surface area contributed by atoms with Gasteiger partial charge >= 0.3 is 0 Å². The van der Waals surface area contributed by atoms with E-state index in [-0.39, 0.29) is 21.3 Å². The minimum absolute atomic E-state index is 0.112. The highest BCUT2D eigenvalue weighted by molar-refractivity contribution is 7.92. The third-order valence-electron chi connectivity index (χ3n) is 2.53. The Balaban J connectivity index is 2.31. The number of anilines is 1. The van der Waals surface area contributed by atoms with Gasteiger partial charge in [0.2, 0.25) is 0 Å². The fourth-order valence-electron chi connectivity index (χ4n) is 1.52. The first-order valence-electron chi connectivity index (χ1n) is 5.52. The lowest BCUT2D eigenvalue weighted by molar-refractivity contribution is -0.384. The summed E-state index contributed by atoms with van der Waals surface area (Å²) >= 11 is 11.6. The maximum Gasteiger partial charge on any atom is 0.269 e. The summed E-state index contributed by atoms with van der Waals surface area (Å²) in [6, 6.07) is 8.82. The topological polar surface area (TPSA) is 89.3 Å². The fraction of sp³-hybridized carbons (Fsp3) is 0. The number of benzene rings is 2. The van der Waals surface area contributed by atoms with Crippen molar-refractivity contribution < 1.29 is 13.3 Å². The molecule has 2 rings (SSSR count). The lowest BCUT2D eigenvalue weighted by Gasteiger charge is -2.09. The van der Waals surface area contributed by atoms with Crippen LogP contribution in [-0.2, 0) is 10.0 Å². The van der Waals surface area contributed by atoms with Crippen molar-refractivity contribution in [2.75, 3.05) is 4.72 Å². The Morgan fingerprint density at radius 2 is 1.67 bits per heavy atom. The molecule has 110 valence electrons. The van der Waals surface area contributed by atoms with Crippen LogP contribution in [0.1, 0.15) is 0 Å². The zero-order valence-corrected chi connectivity index (χ0v) is 12.6. The Hall–Kier alpha value is -1.83.